The van der Waals surface area contributed by atoms with Crippen LogP contribution in [0.1, 0.15) is 62.4 Å². The van der Waals surface area contributed by atoms with Gasteiger partial charge in [-0.25, -0.2) is 4.79 Å². The van der Waals surface area contributed by atoms with Crippen LogP contribution in [0.3, 0.4) is 0 Å². The van der Waals surface area contributed by atoms with Crippen LogP contribution in [0.5, 0.6) is 11.5 Å². The normalized spacial score (nSPS) is 17.2. The molecule has 9 heteroatoms. The van der Waals surface area contributed by atoms with Crippen molar-refractivity contribution >= 4 is 23.6 Å². The van der Waals surface area contributed by atoms with Gasteiger partial charge in [-0.15, -0.1) is 0 Å². The van der Waals surface area contributed by atoms with E-state index in [1.54, 1.807) is 69.2 Å². The van der Waals surface area contributed by atoms with Gasteiger partial charge in [-0.2, -0.15) is 0 Å². The van der Waals surface area contributed by atoms with Crippen molar-refractivity contribution in [1.82, 2.24) is 10.2 Å². The smallest absolute Gasteiger partial charge is 0.408 e. The predicted octanol–water partition coefficient (Wildman–Crippen LogP) is 6.07. The molecule has 1 aliphatic rings. The van der Waals surface area contributed by atoms with E-state index in [4.69, 9.17) is 9.47 Å². The maximum atomic E-state index is 14.7. The number of alkyl carbamates (subject to hydrolysis) is 1. The average Bonchev–Trinajstić information content (AvgIpc) is 3.68. The standard InChI is InChI=1S/C35H43N3O6/c1-21-9-8-10-28(23(21)3)31(32(40)36-25-13-17-27(43-7)18-14-25)38(30-19-22(30)2)33(41)29(37-34(42)44-35(4,5)6)20-24-11-15-26(39)16-12-24/h8-18,22,29-31,39H,19-20H2,1-7H3,(H,36,40)(H,37,42). The van der Waals surface area contributed by atoms with E-state index in [0.717, 1.165) is 23.1 Å². The molecule has 3 N–H and O–H groups in total. The van der Waals surface area contributed by atoms with Crippen LogP contribution in [0.25, 0.3) is 0 Å². The summed E-state index contributed by atoms with van der Waals surface area (Å²) in [5.41, 5.74) is 3.13. The van der Waals surface area contributed by atoms with E-state index in [9.17, 15) is 19.5 Å². The van der Waals surface area contributed by atoms with Gasteiger partial charge in [-0.3, -0.25) is 9.59 Å². The summed E-state index contributed by atoms with van der Waals surface area (Å²) in [5, 5.41) is 15.6. The van der Waals surface area contributed by atoms with E-state index in [-0.39, 0.29) is 30.0 Å². The number of aromatic hydroxyl groups is 1. The predicted molar refractivity (Wildman–Crippen MR) is 170 cm³/mol. The summed E-state index contributed by atoms with van der Waals surface area (Å²) >= 11 is 0. The maximum absolute atomic E-state index is 14.7. The second kappa shape index (κ2) is 13.4. The molecule has 3 amide bonds. The Balaban J connectivity index is 1.77. The third-order valence-corrected chi connectivity index (χ3v) is 7.87. The Morgan fingerprint density at radius 1 is 1.00 bits per heavy atom. The summed E-state index contributed by atoms with van der Waals surface area (Å²) < 4.78 is 10.8. The Labute approximate surface area is 259 Å². The molecule has 9 nitrogen and oxygen atoms in total. The van der Waals surface area contributed by atoms with E-state index in [0.29, 0.717) is 17.0 Å². The molecule has 0 aliphatic heterocycles. The van der Waals surface area contributed by atoms with Crippen molar-refractivity contribution in [3.05, 3.63) is 89.0 Å². The summed E-state index contributed by atoms with van der Waals surface area (Å²) in [5.74, 6) is 0.153. The van der Waals surface area contributed by atoms with Crippen molar-refractivity contribution in [3.8, 4) is 11.5 Å². The van der Waals surface area contributed by atoms with Gasteiger partial charge in [0.25, 0.3) is 5.91 Å². The number of anilines is 1. The SMILES string of the molecule is COc1ccc(NC(=O)C(c2cccc(C)c2C)N(C(=O)C(Cc2ccc(O)cc2)NC(=O)OC(C)(C)C)C2CC2C)cc1. The van der Waals surface area contributed by atoms with Gasteiger partial charge in [-0.1, -0.05) is 37.3 Å². The number of phenolic OH excluding ortho intramolecular Hbond substituents is 1. The molecule has 0 saturated heterocycles. The molecule has 4 unspecified atom stereocenters. The molecule has 0 radical (unpaired) electrons. The Morgan fingerprint density at radius 3 is 2.20 bits per heavy atom. The second-order valence-electron chi connectivity index (χ2n) is 12.5. The van der Waals surface area contributed by atoms with Crippen LogP contribution in [0.4, 0.5) is 10.5 Å². The van der Waals surface area contributed by atoms with Crippen molar-refractivity contribution in [3.63, 3.8) is 0 Å². The van der Waals surface area contributed by atoms with Gasteiger partial charge in [0.2, 0.25) is 5.91 Å². The van der Waals surface area contributed by atoms with Crippen molar-refractivity contribution in [2.45, 2.75) is 78.1 Å². The highest BCUT2D eigenvalue weighted by atomic mass is 16.6. The molecular formula is C35H43N3O6. The van der Waals surface area contributed by atoms with E-state index in [2.05, 4.69) is 10.6 Å². The number of rotatable bonds is 10. The zero-order valence-electron chi connectivity index (χ0n) is 26.5. The molecule has 1 aliphatic carbocycles. The van der Waals surface area contributed by atoms with Gasteiger partial charge in [0.1, 0.15) is 29.2 Å². The number of hydrogen-bond donors (Lipinski definition) is 3. The summed E-state index contributed by atoms with van der Waals surface area (Å²) in [6, 6.07) is 17.0. The molecule has 234 valence electrons. The fraction of sp³-hybridized carbons (Fsp3) is 0.400. The first kappa shape index (κ1) is 32.4. The largest absolute Gasteiger partial charge is 0.508 e. The Morgan fingerprint density at radius 2 is 1.64 bits per heavy atom. The minimum absolute atomic E-state index is 0.0929. The van der Waals surface area contributed by atoms with Crippen LogP contribution in [0.2, 0.25) is 0 Å². The van der Waals surface area contributed by atoms with Crippen LogP contribution >= 0.6 is 0 Å². The molecule has 0 bridgehead atoms. The van der Waals surface area contributed by atoms with Crippen LogP contribution in [-0.4, -0.2) is 52.7 Å². The summed E-state index contributed by atoms with van der Waals surface area (Å²) in [6.07, 6.45) is 0.126. The number of benzene rings is 3. The molecule has 1 fully saturated rings. The molecule has 4 rings (SSSR count). The number of nitrogens with one attached hydrogen (secondary N) is 2. The number of amides is 3. The molecule has 0 spiro atoms. The van der Waals surface area contributed by atoms with Crippen LogP contribution < -0.4 is 15.4 Å². The van der Waals surface area contributed by atoms with Crippen molar-refractivity contribution < 1.29 is 29.0 Å². The van der Waals surface area contributed by atoms with Gasteiger partial charge >= 0.3 is 6.09 Å². The number of phenols is 1. The lowest BCUT2D eigenvalue weighted by molar-refractivity contribution is -0.141. The number of hydrogen-bond acceptors (Lipinski definition) is 6. The highest BCUT2D eigenvalue weighted by Gasteiger charge is 2.48. The molecular weight excluding hydrogens is 558 g/mol. The zero-order chi connectivity index (χ0) is 32.2. The fourth-order valence-corrected chi connectivity index (χ4v) is 5.24. The van der Waals surface area contributed by atoms with Crippen molar-refractivity contribution in [2.24, 2.45) is 5.92 Å². The van der Waals surface area contributed by atoms with Gasteiger partial charge in [0.15, 0.2) is 0 Å². The summed E-state index contributed by atoms with van der Waals surface area (Å²) in [7, 11) is 1.57. The van der Waals surface area contributed by atoms with E-state index >= 15 is 0 Å². The number of methoxy groups -OCH3 is 1. The first-order valence-corrected chi connectivity index (χ1v) is 14.9. The lowest BCUT2D eigenvalue weighted by Crippen LogP contribution is -2.54. The fourth-order valence-electron chi connectivity index (χ4n) is 5.24. The summed E-state index contributed by atoms with van der Waals surface area (Å²) in [6.45, 7) is 11.2. The number of carbonyl (C=O) groups excluding carboxylic acids is 3. The van der Waals surface area contributed by atoms with E-state index in [1.165, 1.54) is 12.1 Å². The summed E-state index contributed by atoms with van der Waals surface area (Å²) in [4.78, 5) is 43.6. The van der Waals surface area contributed by atoms with Gasteiger partial charge in [0.05, 0.1) is 7.11 Å². The number of carbonyl (C=O) groups is 3. The molecule has 0 aromatic heterocycles. The third kappa shape index (κ3) is 8.09. The number of nitrogens with zero attached hydrogens (tertiary/aromatic N) is 1. The van der Waals surface area contributed by atoms with Crippen LogP contribution in [0, 0.1) is 19.8 Å². The number of ether oxygens (including phenoxy) is 2. The first-order valence-electron chi connectivity index (χ1n) is 14.9. The molecule has 3 aromatic carbocycles. The molecule has 4 atom stereocenters. The molecule has 0 heterocycles. The Hall–Kier alpha value is -4.53. The van der Waals surface area contributed by atoms with Gasteiger partial charge in [0, 0.05) is 18.2 Å². The van der Waals surface area contributed by atoms with Gasteiger partial charge in [-0.05, 0) is 106 Å². The lowest BCUT2D eigenvalue weighted by atomic mass is 9.94. The highest BCUT2D eigenvalue weighted by molar-refractivity contribution is 5.99. The quantitative estimate of drug-likeness (QED) is 0.260. The Kier molecular flexibility index (Phi) is 9.87. The average molecular weight is 602 g/mol. The minimum atomic E-state index is -1.04. The third-order valence-electron chi connectivity index (χ3n) is 7.87. The van der Waals surface area contributed by atoms with Crippen LogP contribution in [-0.2, 0) is 20.7 Å². The topological polar surface area (TPSA) is 117 Å². The first-order chi connectivity index (χ1) is 20.8. The monoisotopic (exact) mass is 601 g/mol. The Bertz CT molecular complexity index is 1480. The highest BCUT2D eigenvalue weighted by Crippen LogP contribution is 2.42. The van der Waals surface area contributed by atoms with Crippen molar-refractivity contribution in [2.75, 3.05) is 12.4 Å². The van der Waals surface area contributed by atoms with E-state index in [1.807, 2.05) is 39.0 Å². The zero-order valence-corrected chi connectivity index (χ0v) is 26.5. The molecule has 44 heavy (non-hydrogen) atoms. The number of aryl methyl sites for hydroxylation is 1. The van der Waals surface area contributed by atoms with Crippen molar-refractivity contribution in [1.29, 1.82) is 0 Å². The maximum Gasteiger partial charge on any atom is 0.408 e. The van der Waals surface area contributed by atoms with Gasteiger partial charge < -0.3 is 30.1 Å². The molecule has 1 saturated carbocycles. The lowest BCUT2D eigenvalue weighted by Gasteiger charge is -2.36. The second-order valence-corrected chi connectivity index (χ2v) is 12.5. The minimum Gasteiger partial charge on any atom is -0.508 e. The van der Waals surface area contributed by atoms with Crippen LogP contribution in [0.15, 0.2) is 66.7 Å². The van der Waals surface area contributed by atoms with E-state index < -0.39 is 29.7 Å². The molecule has 3 aromatic rings.